The van der Waals surface area contributed by atoms with Gasteiger partial charge in [-0.2, -0.15) is 0 Å². The first-order valence-electron chi connectivity index (χ1n) is 7.27. The van der Waals surface area contributed by atoms with Crippen molar-refractivity contribution in [3.05, 3.63) is 65.4 Å². The average molecular weight is 307 g/mol. The maximum atomic E-state index is 12.2. The quantitative estimate of drug-likeness (QED) is 0.649. The lowest BCUT2D eigenvalue weighted by Gasteiger charge is -2.13. The summed E-state index contributed by atoms with van der Waals surface area (Å²) in [5.74, 6) is -0.461. The van der Waals surface area contributed by atoms with Crippen molar-refractivity contribution in [2.45, 2.75) is 13.8 Å². The molecule has 0 atom stereocenters. The van der Waals surface area contributed by atoms with Crippen LogP contribution in [0.15, 0.2) is 48.5 Å². The van der Waals surface area contributed by atoms with E-state index in [2.05, 4.69) is 15.8 Å². The standard InChI is InChI=1S/C18H17N3O2/c1-11-6-5-8-13-15(10-12(2)19-17(11)13)20-21-18(23)14-7-3-4-9-16(14)22/h3-10,22H,1-2H3,(H,19,20)(H,21,23). The molecule has 0 aliphatic heterocycles. The summed E-state index contributed by atoms with van der Waals surface area (Å²) in [6.07, 6.45) is 0. The molecule has 1 amide bonds. The molecule has 1 aromatic heterocycles. The number of hydrazine groups is 1. The summed E-state index contributed by atoms with van der Waals surface area (Å²) >= 11 is 0. The highest BCUT2D eigenvalue weighted by molar-refractivity contribution is 5.99. The van der Waals surface area contributed by atoms with Gasteiger partial charge in [0.1, 0.15) is 5.75 Å². The lowest BCUT2D eigenvalue weighted by molar-refractivity contribution is 0.0960. The van der Waals surface area contributed by atoms with Crippen molar-refractivity contribution in [3.8, 4) is 5.75 Å². The number of nitrogens with zero attached hydrogens (tertiary/aromatic N) is 1. The van der Waals surface area contributed by atoms with Crippen LogP contribution in [0, 0.1) is 13.8 Å². The van der Waals surface area contributed by atoms with Crippen LogP contribution in [0.1, 0.15) is 21.6 Å². The molecule has 0 spiro atoms. The lowest BCUT2D eigenvalue weighted by atomic mass is 10.1. The maximum absolute atomic E-state index is 12.2. The lowest BCUT2D eigenvalue weighted by Crippen LogP contribution is -2.29. The van der Waals surface area contributed by atoms with Crippen molar-refractivity contribution in [1.29, 1.82) is 0 Å². The number of hydrogen-bond donors (Lipinski definition) is 3. The summed E-state index contributed by atoms with van der Waals surface area (Å²) < 4.78 is 0. The minimum Gasteiger partial charge on any atom is -0.507 e. The van der Waals surface area contributed by atoms with Gasteiger partial charge in [0.25, 0.3) is 5.91 Å². The number of carbonyl (C=O) groups is 1. The predicted molar refractivity (Wildman–Crippen MR) is 90.4 cm³/mol. The van der Waals surface area contributed by atoms with E-state index in [0.717, 1.165) is 27.8 Å². The van der Waals surface area contributed by atoms with Crippen molar-refractivity contribution < 1.29 is 9.90 Å². The SMILES string of the molecule is Cc1cc(NNC(=O)c2ccccc2O)c2cccc(C)c2n1. The summed E-state index contributed by atoms with van der Waals surface area (Å²) in [4.78, 5) is 16.7. The second-order valence-electron chi connectivity index (χ2n) is 5.38. The minimum atomic E-state index is -0.404. The van der Waals surface area contributed by atoms with Gasteiger partial charge < -0.3 is 5.11 Å². The number of nitrogens with one attached hydrogen (secondary N) is 2. The average Bonchev–Trinajstić information content (AvgIpc) is 2.53. The summed E-state index contributed by atoms with van der Waals surface area (Å²) in [6.45, 7) is 3.90. The maximum Gasteiger partial charge on any atom is 0.273 e. The zero-order chi connectivity index (χ0) is 16.4. The fourth-order valence-corrected chi connectivity index (χ4v) is 2.48. The fourth-order valence-electron chi connectivity index (χ4n) is 2.48. The van der Waals surface area contributed by atoms with Crippen molar-refractivity contribution in [3.63, 3.8) is 0 Å². The Kier molecular flexibility index (Phi) is 3.85. The Balaban J connectivity index is 1.89. The van der Waals surface area contributed by atoms with Gasteiger partial charge in [-0.3, -0.25) is 20.6 Å². The predicted octanol–water partition coefficient (Wildman–Crippen LogP) is 3.31. The first-order chi connectivity index (χ1) is 11.1. The molecule has 3 aromatic rings. The normalized spacial score (nSPS) is 10.5. The molecule has 3 N–H and O–H groups in total. The van der Waals surface area contributed by atoms with Crippen molar-refractivity contribution in [2.75, 3.05) is 5.43 Å². The third-order valence-corrected chi connectivity index (χ3v) is 3.63. The van der Waals surface area contributed by atoms with Gasteiger partial charge in [0.15, 0.2) is 0 Å². The van der Waals surface area contributed by atoms with E-state index in [-0.39, 0.29) is 11.3 Å². The highest BCUT2D eigenvalue weighted by Crippen LogP contribution is 2.25. The molecule has 0 saturated heterocycles. The molecule has 0 radical (unpaired) electrons. The van der Waals surface area contributed by atoms with Crippen LogP contribution >= 0.6 is 0 Å². The summed E-state index contributed by atoms with van der Waals surface area (Å²) in [5.41, 5.74) is 9.35. The summed E-state index contributed by atoms with van der Waals surface area (Å²) in [7, 11) is 0. The van der Waals surface area contributed by atoms with Crippen LogP contribution in [0.3, 0.4) is 0 Å². The van der Waals surface area contributed by atoms with Crippen LogP contribution in [0.5, 0.6) is 5.75 Å². The molecule has 3 rings (SSSR count). The number of aromatic hydroxyl groups is 1. The first-order valence-corrected chi connectivity index (χ1v) is 7.27. The highest BCUT2D eigenvalue weighted by Gasteiger charge is 2.11. The van der Waals surface area contributed by atoms with E-state index in [1.807, 2.05) is 38.1 Å². The number of aryl methyl sites for hydroxylation is 2. The molecule has 5 nitrogen and oxygen atoms in total. The second kappa shape index (κ2) is 5.96. The number of aromatic nitrogens is 1. The third kappa shape index (κ3) is 2.94. The topological polar surface area (TPSA) is 74.2 Å². The molecule has 5 heteroatoms. The van der Waals surface area contributed by atoms with Crippen molar-refractivity contribution in [2.24, 2.45) is 0 Å². The monoisotopic (exact) mass is 307 g/mol. The van der Waals surface area contributed by atoms with E-state index in [1.54, 1.807) is 18.2 Å². The first kappa shape index (κ1) is 14.8. The number of amides is 1. The number of carbonyl (C=O) groups excluding carboxylic acids is 1. The third-order valence-electron chi connectivity index (χ3n) is 3.63. The molecule has 116 valence electrons. The molecule has 0 aliphatic rings. The van der Waals surface area contributed by atoms with Gasteiger partial charge in [0, 0.05) is 11.1 Å². The van der Waals surface area contributed by atoms with E-state index in [9.17, 15) is 9.90 Å². The van der Waals surface area contributed by atoms with Gasteiger partial charge in [-0.25, -0.2) is 0 Å². The van der Waals surface area contributed by atoms with Crippen LogP contribution < -0.4 is 10.9 Å². The molecule has 0 bridgehead atoms. The number of hydrogen-bond acceptors (Lipinski definition) is 4. The van der Waals surface area contributed by atoms with Gasteiger partial charge in [-0.05, 0) is 37.6 Å². The van der Waals surface area contributed by atoms with Gasteiger partial charge in [-0.1, -0.05) is 30.3 Å². The summed E-state index contributed by atoms with van der Waals surface area (Å²) in [6, 6.07) is 14.2. The molecule has 0 aliphatic carbocycles. The molecule has 1 heterocycles. The zero-order valence-corrected chi connectivity index (χ0v) is 12.9. The Morgan fingerprint density at radius 3 is 2.65 bits per heavy atom. The van der Waals surface area contributed by atoms with Crippen LogP contribution in [-0.4, -0.2) is 16.0 Å². The van der Waals surface area contributed by atoms with Crippen molar-refractivity contribution in [1.82, 2.24) is 10.4 Å². The van der Waals surface area contributed by atoms with Crippen LogP contribution in [-0.2, 0) is 0 Å². The molecular weight excluding hydrogens is 290 g/mol. The largest absolute Gasteiger partial charge is 0.507 e. The minimum absolute atomic E-state index is 0.0570. The number of fused-ring (bicyclic) bond motifs is 1. The number of pyridine rings is 1. The summed E-state index contributed by atoms with van der Waals surface area (Å²) in [5, 5.41) is 10.7. The van der Waals surface area contributed by atoms with Gasteiger partial charge in [0.2, 0.25) is 0 Å². The van der Waals surface area contributed by atoms with Crippen LogP contribution in [0.25, 0.3) is 10.9 Å². The Bertz CT molecular complexity index is 891. The Morgan fingerprint density at radius 2 is 1.87 bits per heavy atom. The van der Waals surface area contributed by atoms with E-state index >= 15 is 0 Å². The van der Waals surface area contributed by atoms with Crippen molar-refractivity contribution >= 4 is 22.5 Å². The Hall–Kier alpha value is -3.08. The van der Waals surface area contributed by atoms with Gasteiger partial charge >= 0.3 is 0 Å². The van der Waals surface area contributed by atoms with Crippen LogP contribution in [0.4, 0.5) is 5.69 Å². The fraction of sp³-hybridized carbons (Fsp3) is 0.111. The Morgan fingerprint density at radius 1 is 1.09 bits per heavy atom. The highest BCUT2D eigenvalue weighted by atomic mass is 16.3. The van der Waals surface area contributed by atoms with E-state index < -0.39 is 5.91 Å². The van der Waals surface area contributed by atoms with E-state index in [0.29, 0.717) is 0 Å². The molecule has 0 fully saturated rings. The van der Waals surface area contributed by atoms with E-state index in [4.69, 9.17) is 0 Å². The Labute approximate surface area is 134 Å². The number of para-hydroxylation sites is 2. The van der Waals surface area contributed by atoms with Gasteiger partial charge in [-0.15, -0.1) is 0 Å². The number of benzene rings is 2. The zero-order valence-electron chi connectivity index (χ0n) is 12.9. The molecular formula is C18H17N3O2. The van der Waals surface area contributed by atoms with Gasteiger partial charge in [0.05, 0.1) is 16.8 Å². The molecule has 23 heavy (non-hydrogen) atoms. The second-order valence-corrected chi connectivity index (χ2v) is 5.38. The number of phenolic OH excluding ortho intramolecular Hbond substituents is 1. The molecule has 0 saturated carbocycles. The molecule has 2 aromatic carbocycles. The van der Waals surface area contributed by atoms with E-state index in [1.165, 1.54) is 6.07 Å². The smallest absolute Gasteiger partial charge is 0.273 e. The van der Waals surface area contributed by atoms with Crippen LogP contribution in [0.2, 0.25) is 0 Å². The number of rotatable bonds is 3. The number of phenols is 1. The molecule has 0 unspecified atom stereocenters. The number of anilines is 1.